The highest BCUT2D eigenvalue weighted by atomic mass is 19.1. The molecule has 0 bridgehead atoms. The average Bonchev–Trinajstić information content (AvgIpc) is 2.94. The van der Waals surface area contributed by atoms with Crippen LogP contribution in [0.3, 0.4) is 0 Å². The smallest absolute Gasteiger partial charge is 0.134 e. The van der Waals surface area contributed by atoms with E-state index >= 15 is 4.39 Å². The maximum atomic E-state index is 15.2. The number of unbranched alkanes of at least 4 members (excludes halogenated alkanes) is 4. The quantitative estimate of drug-likeness (QED) is 0.168. The monoisotopic (exact) mass is 511 g/mol. The van der Waals surface area contributed by atoms with Gasteiger partial charge in [0.2, 0.25) is 0 Å². The van der Waals surface area contributed by atoms with Crippen LogP contribution in [0, 0.1) is 23.0 Å². The SMILES string of the molecule is CCCCCCCOc1ccc(CCc2ccc3c(F)c(CCc4ccc(C#N)cc4)ccc3c2)c(F)c1. The standard InChI is InChI=1S/C34H35F2NO/c1-2-3-4-5-6-21-38-31-19-18-28(33(35)23-31)14-12-26-13-20-32-30(22-26)17-16-29(34(32)36)15-11-25-7-9-27(24-37)10-8-25/h7-10,13,16-20,22-23H,2-6,11-12,14-15,21H2,1H3. The highest BCUT2D eigenvalue weighted by Gasteiger charge is 2.10. The fourth-order valence-electron chi connectivity index (χ4n) is 4.76. The third-order valence-electron chi connectivity index (χ3n) is 7.09. The van der Waals surface area contributed by atoms with Crippen LogP contribution in [0.4, 0.5) is 8.78 Å². The first-order chi connectivity index (χ1) is 18.6. The lowest BCUT2D eigenvalue weighted by Gasteiger charge is -2.10. The Kier molecular flexibility index (Phi) is 9.87. The third-order valence-corrected chi connectivity index (χ3v) is 7.09. The van der Waals surface area contributed by atoms with Gasteiger partial charge in [-0.25, -0.2) is 8.78 Å². The van der Waals surface area contributed by atoms with Crippen molar-refractivity contribution in [1.29, 1.82) is 5.26 Å². The summed E-state index contributed by atoms with van der Waals surface area (Å²) in [4.78, 5) is 0. The molecular formula is C34H35F2NO. The number of rotatable bonds is 13. The van der Waals surface area contributed by atoms with Crippen molar-refractivity contribution >= 4 is 10.8 Å². The van der Waals surface area contributed by atoms with E-state index in [4.69, 9.17) is 10.00 Å². The minimum Gasteiger partial charge on any atom is -0.493 e. The molecule has 4 aromatic rings. The molecule has 4 rings (SSSR count). The third kappa shape index (κ3) is 7.42. The van der Waals surface area contributed by atoms with Gasteiger partial charge in [0.05, 0.1) is 18.2 Å². The van der Waals surface area contributed by atoms with E-state index in [-0.39, 0.29) is 11.6 Å². The van der Waals surface area contributed by atoms with Gasteiger partial charge in [0.15, 0.2) is 0 Å². The van der Waals surface area contributed by atoms with E-state index in [2.05, 4.69) is 13.0 Å². The van der Waals surface area contributed by atoms with Crippen molar-refractivity contribution < 1.29 is 13.5 Å². The molecule has 0 aromatic heterocycles. The van der Waals surface area contributed by atoms with Crippen LogP contribution < -0.4 is 4.74 Å². The lowest BCUT2D eigenvalue weighted by molar-refractivity contribution is 0.303. The molecule has 0 aliphatic heterocycles. The Morgan fingerprint density at radius 1 is 0.711 bits per heavy atom. The number of halogens is 2. The first kappa shape index (κ1) is 27.3. The van der Waals surface area contributed by atoms with E-state index in [1.165, 1.54) is 25.3 Å². The van der Waals surface area contributed by atoms with Crippen LogP contribution in [-0.4, -0.2) is 6.61 Å². The highest BCUT2D eigenvalue weighted by Crippen LogP contribution is 2.25. The fraction of sp³-hybridized carbons (Fsp3) is 0.324. The minimum atomic E-state index is -0.243. The molecule has 2 nitrogen and oxygen atoms in total. The summed E-state index contributed by atoms with van der Waals surface area (Å²) >= 11 is 0. The lowest BCUT2D eigenvalue weighted by atomic mass is 9.97. The molecule has 0 amide bonds. The normalized spacial score (nSPS) is 11.0. The molecule has 38 heavy (non-hydrogen) atoms. The van der Waals surface area contributed by atoms with Crippen LogP contribution in [-0.2, 0) is 25.7 Å². The summed E-state index contributed by atoms with van der Waals surface area (Å²) in [5.41, 5.74) is 4.09. The zero-order chi connectivity index (χ0) is 26.7. The summed E-state index contributed by atoms with van der Waals surface area (Å²) < 4.78 is 35.6. The van der Waals surface area contributed by atoms with Crippen LogP contribution in [0.5, 0.6) is 5.75 Å². The molecule has 0 atom stereocenters. The molecular weight excluding hydrogens is 476 g/mol. The number of hydrogen-bond donors (Lipinski definition) is 0. The van der Waals surface area contributed by atoms with E-state index in [9.17, 15) is 4.39 Å². The Morgan fingerprint density at radius 3 is 2.18 bits per heavy atom. The summed E-state index contributed by atoms with van der Waals surface area (Å²) in [6.45, 7) is 2.81. The Labute approximate surface area is 224 Å². The lowest BCUT2D eigenvalue weighted by Crippen LogP contribution is -2.00. The van der Waals surface area contributed by atoms with Crippen LogP contribution in [0.25, 0.3) is 10.8 Å². The Bertz CT molecular complexity index is 1390. The van der Waals surface area contributed by atoms with E-state index in [0.29, 0.717) is 60.1 Å². The molecule has 196 valence electrons. The average molecular weight is 512 g/mol. The number of nitriles is 1. The van der Waals surface area contributed by atoms with Gasteiger partial charge in [-0.15, -0.1) is 0 Å². The molecule has 0 unspecified atom stereocenters. The molecule has 0 saturated heterocycles. The van der Waals surface area contributed by atoms with Crippen LogP contribution in [0.1, 0.15) is 66.8 Å². The van der Waals surface area contributed by atoms with Gasteiger partial charge in [-0.3, -0.25) is 0 Å². The van der Waals surface area contributed by atoms with Crippen molar-refractivity contribution in [1.82, 2.24) is 0 Å². The van der Waals surface area contributed by atoms with Gasteiger partial charge < -0.3 is 4.74 Å². The number of ether oxygens (including phenoxy) is 1. The van der Waals surface area contributed by atoms with E-state index < -0.39 is 0 Å². The number of fused-ring (bicyclic) bond motifs is 1. The van der Waals surface area contributed by atoms with Gasteiger partial charge in [0, 0.05) is 11.5 Å². The summed E-state index contributed by atoms with van der Waals surface area (Å²) in [5.74, 6) is 0.153. The van der Waals surface area contributed by atoms with E-state index in [0.717, 1.165) is 29.4 Å². The van der Waals surface area contributed by atoms with Crippen molar-refractivity contribution in [2.75, 3.05) is 6.61 Å². The van der Waals surface area contributed by atoms with Crippen LogP contribution in [0.15, 0.2) is 72.8 Å². The molecule has 0 aliphatic carbocycles. The molecule has 0 heterocycles. The van der Waals surface area contributed by atoms with E-state index in [1.54, 1.807) is 12.1 Å². The Morgan fingerprint density at radius 2 is 1.42 bits per heavy atom. The van der Waals surface area contributed by atoms with Crippen molar-refractivity contribution in [3.05, 3.63) is 112 Å². The molecule has 0 saturated carbocycles. The first-order valence-corrected chi connectivity index (χ1v) is 13.7. The zero-order valence-corrected chi connectivity index (χ0v) is 22.1. The van der Waals surface area contributed by atoms with Gasteiger partial charge in [-0.2, -0.15) is 5.26 Å². The van der Waals surface area contributed by atoms with E-state index in [1.807, 2.05) is 54.6 Å². The summed E-state index contributed by atoms with van der Waals surface area (Å²) in [6, 6.07) is 24.3. The second-order valence-corrected chi connectivity index (χ2v) is 9.92. The minimum absolute atomic E-state index is 0.185. The van der Waals surface area contributed by atoms with Crippen molar-refractivity contribution in [2.45, 2.75) is 64.7 Å². The molecule has 0 aliphatic rings. The van der Waals surface area contributed by atoms with Gasteiger partial charge in [0.1, 0.15) is 17.4 Å². The van der Waals surface area contributed by atoms with Crippen molar-refractivity contribution in [3.63, 3.8) is 0 Å². The summed E-state index contributed by atoms with van der Waals surface area (Å²) in [5, 5.41) is 10.4. The fourth-order valence-corrected chi connectivity index (χ4v) is 4.76. The molecule has 0 radical (unpaired) electrons. The Hall–Kier alpha value is -3.71. The summed E-state index contributed by atoms with van der Waals surface area (Å²) in [7, 11) is 0. The predicted molar refractivity (Wildman–Crippen MR) is 151 cm³/mol. The second kappa shape index (κ2) is 13.7. The van der Waals surface area contributed by atoms with Gasteiger partial charge in [0.25, 0.3) is 0 Å². The molecule has 0 spiro atoms. The zero-order valence-electron chi connectivity index (χ0n) is 22.1. The van der Waals surface area contributed by atoms with Crippen LogP contribution >= 0.6 is 0 Å². The summed E-state index contributed by atoms with van der Waals surface area (Å²) in [6.07, 6.45) is 8.36. The predicted octanol–water partition coefficient (Wildman–Crippen LogP) is 8.91. The second-order valence-electron chi connectivity index (χ2n) is 9.92. The van der Waals surface area contributed by atoms with Gasteiger partial charge >= 0.3 is 0 Å². The number of hydrogen-bond acceptors (Lipinski definition) is 2. The molecule has 0 N–H and O–H groups in total. The van der Waals surface area contributed by atoms with Crippen molar-refractivity contribution in [3.8, 4) is 11.8 Å². The maximum absolute atomic E-state index is 15.2. The number of benzene rings is 4. The van der Waals surface area contributed by atoms with Gasteiger partial charge in [-0.1, -0.05) is 81.1 Å². The molecule has 4 heteroatoms. The number of nitrogens with zero attached hydrogens (tertiary/aromatic N) is 1. The number of aryl methyl sites for hydroxylation is 4. The van der Waals surface area contributed by atoms with Crippen LogP contribution in [0.2, 0.25) is 0 Å². The largest absolute Gasteiger partial charge is 0.493 e. The molecule has 0 fully saturated rings. The first-order valence-electron chi connectivity index (χ1n) is 13.7. The van der Waals surface area contributed by atoms with Gasteiger partial charge in [-0.05, 0) is 77.9 Å². The Balaban J connectivity index is 1.32. The maximum Gasteiger partial charge on any atom is 0.134 e. The topological polar surface area (TPSA) is 33.0 Å². The highest BCUT2D eigenvalue weighted by molar-refractivity contribution is 5.84. The van der Waals surface area contributed by atoms with Crippen molar-refractivity contribution in [2.24, 2.45) is 0 Å². The molecule has 4 aromatic carbocycles.